The van der Waals surface area contributed by atoms with E-state index in [1.165, 1.54) is 0 Å². The molecule has 1 aliphatic heterocycles. The van der Waals surface area contributed by atoms with E-state index >= 15 is 0 Å². The van der Waals surface area contributed by atoms with Crippen molar-refractivity contribution in [3.05, 3.63) is 65.5 Å². The molecule has 1 N–H and O–H groups in total. The Morgan fingerprint density at radius 2 is 2.07 bits per heavy atom. The van der Waals surface area contributed by atoms with E-state index in [0.717, 1.165) is 34.4 Å². The molecule has 0 unspecified atom stereocenters. The average Bonchev–Trinajstić information content (AvgIpc) is 3.34. The Morgan fingerprint density at radius 1 is 1.20 bits per heavy atom. The number of hydrogen-bond donors (Lipinski definition) is 1. The molecule has 8 nitrogen and oxygen atoms in total. The van der Waals surface area contributed by atoms with Crippen molar-refractivity contribution in [1.29, 1.82) is 0 Å². The van der Waals surface area contributed by atoms with Crippen molar-refractivity contribution in [2.24, 2.45) is 0 Å². The van der Waals surface area contributed by atoms with Crippen molar-refractivity contribution in [2.45, 2.75) is 31.3 Å². The Balaban J connectivity index is 1.41. The lowest BCUT2D eigenvalue weighted by atomic mass is 9.76. The number of ether oxygens (including phenoxy) is 1. The second-order valence-corrected chi connectivity index (χ2v) is 7.48. The molecule has 0 radical (unpaired) electrons. The maximum atomic E-state index is 13.4. The molecule has 1 aromatic heterocycles. The smallest absolute Gasteiger partial charge is 0.325 e. The predicted molar refractivity (Wildman–Crippen MR) is 106 cm³/mol. The van der Waals surface area contributed by atoms with Gasteiger partial charge in [-0.2, -0.15) is 4.98 Å². The number of nitrogens with zero attached hydrogens (tertiary/aromatic N) is 3. The molecule has 2 aromatic carbocycles. The fourth-order valence-corrected chi connectivity index (χ4v) is 4.29. The summed E-state index contributed by atoms with van der Waals surface area (Å²) in [5.41, 5.74) is 1.68. The third-order valence-corrected chi connectivity index (χ3v) is 5.74. The van der Waals surface area contributed by atoms with Gasteiger partial charge in [0.2, 0.25) is 11.7 Å². The number of nitrogens with one attached hydrogen (secondary N) is 1. The number of hydrogen-bond acceptors (Lipinski definition) is 6. The van der Waals surface area contributed by atoms with E-state index in [2.05, 4.69) is 15.5 Å². The highest BCUT2D eigenvalue weighted by Gasteiger charge is 2.54. The molecule has 152 valence electrons. The van der Waals surface area contributed by atoms with E-state index in [1.807, 2.05) is 42.5 Å². The van der Waals surface area contributed by atoms with E-state index in [1.54, 1.807) is 13.2 Å². The first-order valence-electron chi connectivity index (χ1n) is 9.80. The quantitative estimate of drug-likeness (QED) is 0.672. The molecule has 8 heteroatoms. The molecule has 3 amide bonds. The van der Waals surface area contributed by atoms with Crippen LogP contribution in [-0.2, 0) is 23.3 Å². The first-order valence-corrected chi connectivity index (χ1v) is 9.80. The van der Waals surface area contributed by atoms with Crippen LogP contribution >= 0.6 is 0 Å². The Kier molecular flexibility index (Phi) is 4.27. The number of benzene rings is 2. The molecular weight excluding hydrogens is 384 g/mol. The van der Waals surface area contributed by atoms with Gasteiger partial charge in [-0.3, -0.25) is 9.69 Å². The number of methoxy groups -OCH3 is 1. The third-order valence-electron chi connectivity index (χ3n) is 5.74. The summed E-state index contributed by atoms with van der Waals surface area (Å²) in [5, 5.41) is 6.91. The Bertz CT molecular complexity index is 1140. The Hall–Kier alpha value is -3.68. The number of fused-ring (bicyclic) bond motifs is 2. The SMILES string of the molecule is COc1cccc(-c2noc(CN3C(=O)N[C@@]4(CCCc5ccccc54)C3=O)n2)c1. The van der Waals surface area contributed by atoms with Gasteiger partial charge in [0.05, 0.1) is 7.11 Å². The number of aromatic nitrogens is 2. The zero-order valence-corrected chi connectivity index (χ0v) is 16.4. The summed E-state index contributed by atoms with van der Waals surface area (Å²) in [6.07, 6.45) is 2.30. The van der Waals surface area contributed by atoms with Crippen molar-refractivity contribution < 1.29 is 18.8 Å². The highest BCUT2D eigenvalue weighted by molar-refractivity contribution is 6.07. The summed E-state index contributed by atoms with van der Waals surface area (Å²) in [7, 11) is 1.58. The highest BCUT2D eigenvalue weighted by atomic mass is 16.5. The second-order valence-electron chi connectivity index (χ2n) is 7.48. The number of aryl methyl sites for hydroxylation is 1. The number of carbonyl (C=O) groups excluding carboxylic acids is 2. The monoisotopic (exact) mass is 404 g/mol. The van der Waals surface area contributed by atoms with Crippen LogP contribution in [-0.4, -0.2) is 34.1 Å². The number of rotatable bonds is 4. The van der Waals surface area contributed by atoms with Gasteiger partial charge in [-0.15, -0.1) is 0 Å². The summed E-state index contributed by atoms with van der Waals surface area (Å²) in [6, 6.07) is 14.6. The highest BCUT2D eigenvalue weighted by Crippen LogP contribution is 2.40. The summed E-state index contributed by atoms with van der Waals surface area (Å²) >= 11 is 0. The van der Waals surface area contributed by atoms with Gasteiger partial charge in [0, 0.05) is 5.56 Å². The van der Waals surface area contributed by atoms with Crippen molar-refractivity contribution in [1.82, 2.24) is 20.4 Å². The molecule has 30 heavy (non-hydrogen) atoms. The molecule has 1 spiro atoms. The number of urea groups is 1. The summed E-state index contributed by atoms with van der Waals surface area (Å²) in [5.74, 6) is 0.956. The second kappa shape index (κ2) is 6.98. The molecule has 1 fully saturated rings. The molecule has 2 heterocycles. The number of carbonyl (C=O) groups is 2. The van der Waals surface area contributed by atoms with Crippen LogP contribution in [0.15, 0.2) is 53.1 Å². The van der Waals surface area contributed by atoms with Crippen LogP contribution in [0.25, 0.3) is 11.4 Å². The third kappa shape index (κ3) is 2.83. The Labute approximate surface area is 172 Å². The van der Waals surface area contributed by atoms with Crippen LogP contribution in [0.3, 0.4) is 0 Å². The molecule has 0 saturated carbocycles. The van der Waals surface area contributed by atoms with E-state index in [4.69, 9.17) is 9.26 Å². The first kappa shape index (κ1) is 18.4. The summed E-state index contributed by atoms with van der Waals surface area (Å²) < 4.78 is 10.5. The maximum absolute atomic E-state index is 13.4. The molecule has 1 atom stereocenters. The zero-order valence-electron chi connectivity index (χ0n) is 16.4. The summed E-state index contributed by atoms with van der Waals surface area (Å²) in [6.45, 7) is -0.0778. The van der Waals surface area contributed by atoms with E-state index in [9.17, 15) is 9.59 Å². The largest absolute Gasteiger partial charge is 0.497 e. The van der Waals surface area contributed by atoms with Crippen LogP contribution in [0.4, 0.5) is 4.79 Å². The topological polar surface area (TPSA) is 97.6 Å². The minimum absolute atomic E-state index is 0.0778. The van der Waals surface area contributed by atoms with Gasteiger partial charge in [-0.05, 0) is 42.5 Å². The molecule has 1 aliphatic carbocycles. The van der Waals surface area contributed by atoms with Crippen LogP contribution < -0.4 is 10.1 Å². The van der Waals surface area contributed by atoms with Crippen LogP contribution in [0, 0.1) is 0 Å². The van der Waals surface area contributed by atoms with Crippen LogP contribution in [0.2, 0.25) is 0 Å². The molecule has 0 bridgehead atoms. The average molecular weight is 404 g/mol. The van der Waals surface area contributed by atoms with Gasteiger partial charge in [-0.1, -0.05) is 41.6 Å². The van der Waals surface area contributed by atoms with Crippen molar-refractivity contribution in [2.75, 3.05) is 7.11 Å². The van der Waals surface area contributed by atoms with E-state index < -0.39 is 11.6 Å². The maximum Gasteiger partial charge on any atom is 0.325 e. The minimum Gasteiger partial charge on any atom is -0.497 e. The fraction of sp³-hybridized carbons (Fsp3) is 0.273. The Morgan fingerprint density at radius 3 is 2.93 bits per heavy atom. The van der Waals surface area contributed by atoms with Crippen molar-refractivity contribution >= 4 is 11.9 Å². The normalized spacial score (nSPS) is 20.4. The molecule has 1 saturated heterocycles. The lowest BCUT2D eigenvalue weighted by Gasteiger charge is -2.33. The minimum atomic E-state index is -1.01. The van der Waals surface area contributed by atoms with E-state index in [0.29, 0.717) is 18.0 Å². The van der Waals surface area contributed by atoms with Gasteiger partial charge in [-0.25, -0.2) is 4.79 Å². The van der Waals surface area contributed by atoms with Crippen LogP contribution in [0.1, 0.15) is 29.9 Å². The summed E-state index contributed by atoms with van der Waals surface area (Å²) in [4.78, 5) is 31.6. The van der Waals surface area contributed by atoms with Gasteiger partial charge < -0.3 is 14.6 Å². The molecule has 5 rings (SSSR count). The van der Waals surface area contributed by atoms with Gasteiger partial charge in [0.25, 0.3) is 5.91 Å². The van der Waals surface area contributed by atoms with Crippen molar-refractivity contribution in [3.8, 4) is 17.1 Å². The predicted octanol–water partition coefficient (Wildman–Crippen LogP) is 3.03. The fourth-order valence-electron chi connectivity index (χ4n) is 4.29. The molecule has 3 aromatic rings. The molecule has 2 aliphatic rings. The molecular formula is C22H20N4O4. The standard InChI is InChI=1S/C22H20N4O4/c1-29-16-9-4-7-15(12-16)19-23-18(30-25-19)13-26-20(27)22(24-21(26)28)11-5-8-14-6-2-3-10-17(14)22/h2-4,6-7,9-10,12H,5,8,11,13H2,1H3,(H,24,28)/t22-/m1/s1. The van der Waals surface area contributed by atoms with E-state index in [-0.39, 0.29) is 18.3 Å². The van der Waals surface area contributed by atoms with Gasteiger partial charge in [0.1, 0.15) is 17.8 Å². The first-order chi connectivity index (χ1) is 14.6. The van der Waals surface area contributed by atoms with Gasteiger partial charge in [0.15, 0.2) is 0 Å². The number of imide groups is 1. The lowest BCUT2D eigenvalue weighted by molar-refractivity contribution is -0.132. The van der Waals surface area contributed by atoms with Gasteiger partial charge >= 0.3 is 6.03 Å². The zero-order chi connectivity index (χ0) is 20.7. The number of amides is 3. The van der Waals surface area contributed by atoms with Crippen molar-refractivity contribution in [3.63, 3.8) is 0 Å². The lowest BCUT2D eigenvalue weighted by Crippen LogP contribution is -2.46. The van der Waals surface area contributed by atoms with Crippen LogP contribution in [0.5, 0.6) is 5.75 Å².